The number of aromatic nitrogens is 3. The maximum atomic E-state index is 11.8. The molecule has 7 nitrogen and oxygen atoms in total. The molecule has 1 aromatic carbocycles. The van der Waals surface area contributed by atoms with Crippen LogP contribution < -0.4 is 9.47 Å². The van der Waals surface area contributed by atoms with Gasteiger partial charge >= 0.3 is 5.97 Å². The molecule has 0 unspecified atom stereocenters. The molecule has 112 valence electrons. The Bertz CT molecular complexity index is 624. The Labute approximate surface area is 122 Å². The molecule has 0 saturated heterocycles. The van der Waals surface area contributed by atoms with Crippen LogP contribution in [0.5, 0.6) is 11.5 Å². The highest BCUT2D eigenvalue weighted by molar-refractivity contribution is 5.94. The summed E-state index contributed by atoms with van der Waals surface area (Å²) in [6, 6.07) is 5.29. The normalized spacial score (nSPS) is 10.2. The number of methoxy groups -OCH3 is 1. The number of aromatic amines is 1. The number of hydrogen-bond acceptors (Lipinski definition) is 6. The lowest BCUT2D eigenvalue weighted by Gasteiger charge is -2.10. The van der Waals surface area contributed by atoms with Crippen molar-refractivity contribution in [3.05, 3.63) is 23.9 Å². The predicted octanol–water partition coefficient (Wildman–Crippen LogP) is 2.06. The number of ether oxygens (including phenoxy) is 3. The number of rotatable bonds is 6. The minimum Gasteiger partial charge on any atom is -0.493 e. The van der Waals surface area contributed by atoms with E-state index in [-0.39, 0.29) is 12.3 Å². The molecule has 2 aromatic rings. The molecule has 1 N–H and O–H groups in total. The van der Waals surface area contributed by atoms with Crippen molar-refractivity contribution in [2.45, 2.75) is 13.8 Å². The van der Waals surface area contributed by atoms with Crippen LogP contribution in [-0.2, 0) is 4.74 Å². The van der Waals surface area contributed by atoms with Crippen molar-refractivity contribution in [1.29, 1.82) is 0 Å². The summed E-state index contributed by atoms with van der Waals surface area (Å²) < 4.78 is 15.7. The van der Waals surface area contributed by atoms with Crippen LogP contribution >= 0.6 is 0 Å². The molecule has 21 heavy (non-hydrogen) atoms. The van der Waals surface area contributed by atoms with E-state index < -0.39 is 5.97 Å². The van der Waals surface area contributed by atoms with Gasteiger partial charge in [0.2, 0.25) is 0 Å². The van der Waals surface area contributed by atoms with Crippen molar-refractivity contribution in [2.24, 2.45) is 0 Å². The standard InChI is InChI=1S/C14H17N3O4/c1-4-20-10-7-6-9(8-11(10)19-3)12-13(16-17-15-12)14(18)21-5-2/h6-8H,4-5H2,1-3H3,(H,15,16,17). The van der Waals surface area contributed by atoms with Crippen molar-refractivity contribution < 1.29 is 19.0 Å². The van der Waals surface area contributed by atoms with Crippen molar-refractivity contribution in [3.63, 3.8) is 0 Å². The topological polar surface area (TPSA) is 86.3 Å². The molecule has 1 heterocycles. The van der Waals surface area contributed by atoms with Crippen molar-refractivity contribution in [1.82, 2.24) is 15.4 Å². The van der Waals surface area contributed by atoms with E-state index in [1.54, 1.807) is 32.2 Å². The first-order valence-corrected chi connectivity index (χ1v) is 6.60. The second-order valence-corrected chi connectivity index (χ2v) is 4.04. The summed E-state index contributed by atoms with van der Waals surface area (Å²) in [5.74, 6) is 0.672. The molecule has 0 aliphatic rings. The summed E-state index contributed by atoms with van der Waals surface area (Å²) in [5, 5.41) is 10.3. The van der Waals surface area contributed by atoms with Crippen LogP contribution in [0, 0.1) is 0 Å². The molecular formula is C14H17N3O4. The van der Waals surface area contributed by atoms with Crippen LogP contribution in [0.25, 0.3) is 11.3 Å². The fourth-order valence-corrected chi connectivity index (χ4v) is 1.86. The number of hydrogen-bond donors (Lipinski definition) is 1. The molecule has 0 spiro atoms. The molecule has 0 amide bonds. The molecule has 0 fully saturated rings. The fraction of sp³-hybridized carbons (Fsp3) is 0.357. The minimum atomic E-state index is -0.519. The number of benzene rings is 1. The first kappa shape index (κ1) is 14.8. The van der Waals surface area contributed by atoms with Gasteiger partial charge in [-0.05, 0) is 32.0 Å². The van der Waals surface area contributed by atoms with Crippen molar-refractivity contribution in [2.75, 3.05) is 20.3 Å². The SMILES string of the molecule is CCOC(=O)c1n[nH]nc1-c1ccc(OCC)c(OC)c1. The van der Waals surface area contributed by atoms with Crippen LogP contribution in [0.4, 0.5) is 0 Å². The van der Waals surface area contributed by atoms with E-state index in [1.165, 1.54) is 0 Å². The summed E-state index contributed by atoms with van der Waals surface area (Å²) in [4.78, 5) is 11.8. The Morgan fingerprint density at radius 1 is 1.19 bits per heavy atom. The Hall–Kier alpha value is -2.57. The van der Waals surface area contributed by atoms with Gasteiger partial charge in [-0.1, -0.05) is 0 Å². The van der Waals surface area contributed by atoms with E-state index >= 15 is 0 Å². The molecule has 0 atom stereocenters. The van der Waals surface area contributed by atoms with Crippen molar-refractivity contribution >= 4 is 5.97 Å². The quantitative estimate of drug-likeness (QED) is 0.820. The van der Waals surface area contributed by atoms with E-state index in [1.807, 2.05) is 6.92 Å². The Kier molecular flexibility index (Phi) is 4.76. The molecular weight excluding hydrogens is 274 g/mol. The highest BCUT2D eigenvalue weighted by atomic mass is 16.5. The summed E-state index contributed by atoms with van der Waals surface area (Å²) >= 11 is 0. The zero-order valence-corrected chi connectivity index (χ0v) is 12.2. The van der Waals surface area contributed by atoms with E-state index in [9.17, 15) is 4.79 Å². The van der Waals surface area contributed by atoms with Crippen LogP contribution in [0.15, 0.2) is 18.2 Å². The van der Waals surface area contributed by atoms with Gasteiger partial charge in [-0.25, -0.2) is 4.79 Å². The largest absolute Gasteiger partial charge is 0.493 e. The monoisotopic (exact) mass is 291 g/mol. The zero-order chi connectivity index (χ0) is 15.2. The predicted molar refractivity (Wildman–Crippen MR) is 75.5 cm³/mol. The third-order valence-electron chi connectivity index (χ3n) is 2.75. The lowest BCUT2D eigenvalue weighted by atomic mass is 10.1. The summed E-state index contributed by atoms with van der Waals surface area (Å²) in [5.41, 5.74) is 1.24. The van der Waals surface area contributed by atoms with Gasteiger partial charge in [0.1, 0.15) is 5.69 Å². The van der Waals surface area contributed by atoms with E-state index in [4.69, 9.17) is 14.2 Å². The van der Waals surface area contributed by atoms with Gasteiger partial charge in [0, 0.05) is 5.56 Å². The molecule has 2 rings (SSSR count). The molecule has 0 radical (unpaired) electrons. The highest BCUT2D eigenvalue weighted by Gasteiger charge is 2.20. The smallest absolute Gasteiger partial charge is 0.361 e. The fourth-order valence-electron chi connectivity index (χ4n) is 1.86. The highest BCUT2D eigenvalue weighted by Crippen LogP contribution is 2.32. The third kappa shape index (κ3) is 3.13. The molecule has 0 aliphatic heterocycles. The number of H-pyrrole nitrogens is 1. The maximum absolute atomic E-state index is 11.8. The van der Waals surface area contributed by atoms with E-state index in [2.05, 4.69) is 15.4 Å². The van der Waals surface area contributed by atoms with Crippen LogP contribution in [0.2, 0.25) is 0 Å². The summed E-state index contributed by atoms with van der Waals surface area (Å²) in [7, 11) is 1.55. The number of nitrogens with one attached hydrogen (secondary N) is 1. The zero-order valence-electron chi connectivity index (χ0n) is 12.2. The van der Waals surface area contributed by atoms with E-state index in [0.717, 1.165) is 0 Å². The van der Waals surface area contributed by atoms with E-state index in [0.29, 0.717) is 29.4 Å². The first-order chi connectivity index (χ1) is 10.2. The van der Waals surface area contributed by atoms with Crippen molar-refractivity contribution in [3.8, 4) is 22.8 Å². The Balaban J connectivity index is 2.39. The number of carbonyl (C=O) groups excluding carboxylic acids is 1. The first-order valence-electron chi connectivity index (χ1n) is 6.60. The second kappa shape index (κ2) is 6.74. The lowest BCUT2D eigenvalue weighted by Crippen LogP contribution is -2.06. The molecule has 1 aromatic heterocycles. The lowest BCUT2D eigenvalue weighted by molar-refractivity contribution is 0.0520. The van der Waals surface area contributed by atoms with Crippen LogP contribution in [-0.4, -0.2) is 41.7 Å². The summed E-state index contributed by atoms with van der Waals surface area (Å²) in [6.45, 7) is 4.44. The molecule has 0 bridgehead atoms. The van der Waals surface area contributed by atoms with Crippen LogP contribution in [0.3, 0.4) is 0 Å². The number of esters is 1. The maximum Gasteiger partial charge on any atom is 0.361 e. The molecule has 7 heteroatoms. The Morgan fingerprint density at radius 2 is 2.00 bits per heavy atom. The third-order valence-corrected chi connectivity index (χ3v) is 2.75. The second-order valence-electron chi connectivity index (χ2n) is 4.04. The number of carbonyl (C=O) groups is 1. The van der Waals surface area contributed by atoms with Crippen LogP contribution in [0.1, 0.15) is 24.3 Å². The van der Waals surface area contributed by atoms with Gasteiger partial charge in [-0.15, -0.1) is 5.10 Å². The van der Waals surface area contributed by atoms with Gasteiger partial charge < -0.3 is 14.2 Å². The Morgan fingerprint density at radius 3 is 2.67 bits per heavy atom. The minimum absolute atomic E-state index is 0.142. The van der Waals surface area contributed by atoms with Gasteiger partial charge in [-0.3, -0.25) is 0 Å². The average molecular weight is 291 g/mol. The molecule has 0 saturated carbocycles. The van der Waals surface area contributed by atoms with Gasteiger partial charge in [0.05, 0.1) is 20.3 Å². The summed E-state index contributed by atoms with van der Waals surface area (Å²) in [6.07, 6.45) is 0. The average Bonchev–Trinajstić information content (AvgIpc) is 2.98. The van der Waals surface area contributed by atoms with Gasteiger partial charge in [-0.2, -0.15) is 10.3 Å². The van der Waals surface area contributed by atoms with Gasteiger partial charge in [0.25, 0.3) is 0 Å². The molecule has 0 aliphatic carbocycles. The number of nitrogens with zero attached hydrogens (tertiary/aromatic N) is 2. The van der Waals surface area contributed by atoms with Gasteiger partial charge in [0.15, 0.2) is 17.2 Å².